The lowest BCUT2D eigenvalue weighted by Crippen LogP contribution is -2.38. The van der Waals surface area contributed by atoms with Gasteiger partial charge in [-0.05, 0) is 62.4 Å². The molecule has 0 aliphatic heterocycles. The van der Waals surface area contributed by atoms with Gasteiger partial charge in [0.05, 0.1) is 33.9 Å². The van der Waals surface area contributed by atoms with E-state index in [1.54, 1.807) is 0 Å². The van der Waals surface area contributed by atoms with Crippen LogP contribution in [0.3, 0.4) is 0 Å². The number of rotatable bonds is 8. The second kappa shape index (κ2) is 13.4. The Balaban J connectivity index is 2.38. The molecule has 4 nitrogen and oxygen atoms in total. The molecule has 0 aromatic heterocycles. The van der Waals surface area contributed by atoms with Gasteiger partial charge in [-0.2, -0.15) is 79.0 Å². The van der Waals surface area contributed by atoms with E-state index in [1.807, 2.05) is 0 Å². The fourth-order valence-electron chi connectivity index (χ4n) is 3.89. The molecule has 0 radical (unpaired) electrons. The van der Waals surface area contributed by atoms with Crippen molar-refractivity contribution >= 4 is 7.32 Å². The van der Waals surface area contributed by atoms with Gasteiger partial charge in [0.1, 0.15) is 28.6 Å². The van der Waals surface area contributed by atoms with Crippen LogP contribution in [0.15, 0.2) is 48.5 Å². The molecule has 3 rings (SSSR count). The molecule has 276 valence electrons. The number of ether oxygens (including phenoxy) is 1. The Bertz CT molecular complexity index is 1640. The van der Waals surface area contributed by atoms with Gasteiger partial charge in [0.25, 0.3) is 0 Å². The predicted molar refractivity (Wildman–Crippen MR) is 133 cm³/mol. The van der Waals surface area contributed by atoms with Crippen LogP contribution in [0.5, 0.6) is 23.0 Å². The second-order valence-electron chi connectivity index (χ2n) is 10.1. The molecule has 0 saturated heterocycles. The molecule has 0 atom stereocenters. The van der Waals surface area contributed by atoms with Gasteiger partial charge in [0.15, 0.2) is 0 Å². The number of hydrogen-bond acceptors (Lipinski definition) is 4. The van der Waals surface area contributed by atoms with Crippen molar-refractivity contribution in [3.05, 3.63) is 81.9 Å². The normalized spacial score (nSPS) is 13.4. The monoisotopic (exact) mass is 756 g/mol. The molecule has 0 N–H and O–H groups in total. The molecule has 0 saturated carbocycles. The Morgan fingerprint density at radius 3 is 1.28 bits per heavy atom. The van der Waals surface area contributed by atoms with Crippen molar-refractivity contribution in [1.82, 2.24) is 0 Å². The summed E-state index contributed by atoms with van der Waals surface area (Å²) < 4.78 is 264. The molecule has 0 unspecified atom stereocenters. The lowest BCUT2D eigenvalue weighted by Gasteiger charge is -2.25. The first-order valence-electron chi connectivity index (χ1n) is 12.9. The minimum absolute atomic E-state index is 0.154. The highest BCUT2D eigenvalue weighted by atomic mass is 19.4. The van der Waals surface area contributed by atoms with E-state index in [4.69, 9.17) is 4.74 Å². The minimum atomic E-state index is -5.79. The minimum Gasteiger partial charge on any atom is -0.490 e. The number of benzene rings is 3. The van der Waals surface area contributed by atoms with Crippen molar-refractivity contribution in [2.24, 2.45) is 0 Å². The molecular weight excluding hydrogens is 741 g/mol. The molecule has 23 heteroatoms. The Morgan fingerprint density at radius 1 is 0.440 bits per heavy atom. The Labute approximate surface area is 267 Å². The van der Waals surface area contributed by atoms with Crippen LogP contribution in [-0.2, 0) is 37.1 Å². The maximum atomic E-state index is 14.2. The smallest absolute Gasteiger partial charge is 0.490 e. The molecule has 0 bridgehead atoms. The van der Waals surface area contributed by atoms with E-state index in [9.17, 15) is 79.0 Å². The predicted octanol–water partition coefficient (Wildman–Crippen LogP) is 11.1. The number of halogens is 18. The molecule has 3 aromatic carbocycles. The summed E-state index contributed by atoms with van der Waals surface area (Å²) in [5.41, 5.74) is -12.8. The Hall–Kier alpha value is -4.34. The average Bonchev–Trinajstić information content (AvgIpc) is 2.89. The Morgan fingerprint density at radius 2 is 0.860 bits per heavy atom. The molecule has 0 aliphatic carbocycles. The lowest BCUT2D eigenvalue weighted by atomic mass is 10.0. The molecule has 0 aliphatic rings. The summed E-state index contributed by atoms with van der Waals surface area (Å²) in [7, 11) is -3.57. The van der Waals surface area contributed by atoms with Crippen LogP contribution in [0.4, 0.5) is 79.0 Å². The first kappa shape index (κ1) is 40.1. The van der Waals surface area contributed by atoms with E-state index in [1.165, 1.54) is 0 Å². The second-order valence-corrected chi connectivity index (χ2v) is 10.1. The van der Waals surface area contributed by atoms with Crippen molar-refractivity contribution in [1.29, 1.82) is 0 Å². The zero-order chi connectivity index (χ0) is 38.4. The maximum Gasteiger partial charge on any atom is 0.864 e. The zero-order valence-electron chi connectivity index (χ0n) is 24.2. The molecule has 3 aromatic rings. The van der Waals surface area contributed by atoms with Crippen LogP contribution >= 0.6 is 0 Å². The fraction of sp³-hybridized carbons (Fsp3) is 0.333. The van der Waals surface area contributed by atoms with Crippen molar-refractivity contribution in [3.8, 4) is 23.0 Å². The first-order valence-corrected chi connectivity index (χ1v) is 12.9. The molecule has 0 amide bonds. The average molecular weight is 756 g/mol. The first-order chi connectivity index (χ1) is 22.4. The van der Waals surface area contributed by atoms with Crippen LogP contribution in [-0.4, -0.2) is 13.4 Å². The van der Waals surface area contributed by atoms with E-state index in [2.05, 4.69) is 14.0 Å². The van der Waals surface area contributed by atoms with Crippen LogP contribution in [0, 0.1) is 0 Å². The summed E-state index contributed by atoms with van der Waals surface area (Å²) >= 11 is 0. The SMILES string of the molecule is CC(C)Oc1cc(C(F)(F)F)cc(OB(Oc2cc(C(F)(F)F)cc(C(F)(F)F)c2)Oc2cc(C(F)(F)F)ccc2C(F)(F)F)c1C(F)(F)F. The third-order valence-electron chi connectivity index (χ3n) is 5.89. The number of hydrogen-bond donors (Lipinski definition) is 0. The standard InChI is InChI=1S/C27H15BF18O4/c1-11(2)47-19-9-15(25(38,39)40)10-20(21(19)27(44,45)46)50-28(48-16-6-13(23(32,33)34)5-14(7-16)24(35,36)37)49-18-8-12(22(29,30)31)3-4-17(18)26(41,42)43/h3-11H,1-2H3. The maximum absolute atomic E-state index is 14.2. The Kier molecular flexibility index (Phi) is 10.8. The summed E-state index contributed by atoms with van der Waals surface area (Å²) in [5, 5.41) is 0. The lowest BCUT2D eigenvalue weighted by molar-refractivity contribution is -0.144. The van der Waals surface area contributed by atoms with Gasteiger partial charge >= 0.3 is 44.4 Å². The molecular formula is C27H15BF18O4. The zero-order valence-corrected chi connectivity index (χ0v) is 24.2. The van der Waals surface area contributed by atoms with E-state index >= 15 is 0 Å². The molecule has 0 heterocycles. The van der Waals surface area contributed by atoms with Gasteiger partial charge in [0, 0.05) is 0 Å². The summed E-state index contributed by atoms with van der Waals surface area (Å²) in [6.07, 6.45) is -35.0. The van der Waals surface area contributed by atoms with Gasteiger partial charge in [-0.3, -0.25) is 0 Å². The quantitative estimate of drug-likeness (QED) is 0.169. The van der Waals surface area contributed by atoms with Gasteiger partial charge < -0.3 is 18.7 Å². The van der Waals surface area contributed by atoms with Gasteiger partial charge in [-0.15, -0.1) is 0 Å². The fourth-order valence-corrected chi connectivity index (χ4v) is 3.89. The summed E-state index contributed by atoms with van der Waals surface area (Å²) in [5.74, 6) is -7.53. The van der Waals surface area contributed by atoms with E-state index in [0.717, 1.165) is 13.8 Å². The van der Waals surface area contributed by atoms with E-state index in [0.29, 0.717) is 0 Å². The van der Waals surface area contributed by atoms with Crippen molar-refractivity contribution in [2.45, 2.75) is 57.0 Å². The summed E-state index contributed by atoms with van der Waals surface area (Å²) in [6.45, 7) is 2.07. The van der Waals surface area contributed by atoms with Crippen molar-refractivity contribution in [3.63, 3.8) is 0 Å². The van der Waals surface area contributed by atoms with Crippen molar-refractivity contribution < 1.29 is 97.7 Å². The van der Waals surface area contributed by atoms with Crippen molar-refractivity contribution in [2.75, 3.05) is 0 Å². The largest absolute Gasteiger partial charge is 0.864 e. The molecule has 50 heavy (non-hydrogen) atoms. The highest BCUT2D eigenvalue weighted by Gasteiger charge is 2.46. The van der Waals surface area contributed by atoms with Crippen LogP contribution in [0.1, 0.15) is 47.2 Å². The summed E-state index contributed by atoms with van der Waals surface area (Å²) in [4.78, 5) is 0. The topological polar surface area (TPSA) is 36.9 Å². The van der Waals surface area contributed by atoms with Crippen LogP contribution in [0.25, 0.3) is 0 Å². The van der Waals surface area contributed by atoms with Gasteiger partial charge in [0.2, 0.25) is 0 Å². The van der Waals surface area contributed by atoms with Gasteiger partial charge in [-0.25, -0.2) is 0 Å². The number of alkyl halides is 18. The molecule has 0 spiro atoms. The molecule has 0 fully saturated rings. The van der Waals surface area contributed by atoms with Crippen LogP contribution < -0.4 is 18.7 Å². The summed E-state index contributed by atoms with van der Waals surface area (Å²) in [6, 6.07) is -2.61. The third kappa shape index (κ3) is 10.1. The highest BCUT2D eigenvalue weighted by Crippen LogP contribution is 2.48. The van der Waals surface area contributed by atoms with Crippen LogP contribution in [0.2, 0.25) is 0 Å². The van der Waals surface area contributed by atoms with E-state index < -0.39 is 125 Å². The highest BCUT2D eigenvalue weighted by molar-refractivity contribution is 6.39. The van der Waals surface area contributed by atoms with E-state index in [-0.39, 0.29) is 30.3 Å². The third-order valence-corrected chi connectivity index (χ3v) is 5.89. The van der Waals surface area contributed by atoms with Gasteiger partial charge in [-0.1, -0.05) is 0 Å².